The van der Waals surface area contributed by atoms with Gasteiger partial charge in [0.15, 0.2) is 0 Å². The number of hydrogen-bond acceptors (Lipinski definition) is 4. The number of aromatic nitrogens is 2. The van der Waals surface area contributed by atoms with E-state index in [1.165, 1.54) is 31.4 Å². The van der Waals surface area contributed by atoms with Gasteiger partial charge >= 0.3 is 0 Å². The smallest absolute Gasteiger partial charge is 0.233 e. The van der Waals surface area contributed by atoms with Gasteiger partial charge in [-0.3, -0.25) is 5.32 Å². The molecule has 1 N–H and O–H groups in total. The third kappa shape index (κ3) is 3.13. The van der Waals surface area contributed by atoms with Gasteiger partial charge in [-0.1, -0.05) is 18.6 Å². The van der Waals surface area contributed by atoms with Crippen molar-refractivity contribution in [2.75, 3.05) is 0 Å². The van der Waals surface area contributed by atoms with Crippen molar-refractivity contribution in [1.29, 1.82) is 0 Å². The molecule has 1 aromatic carbocycles. The lowest BCUT2D eigenvalue weighted by Gasteiger charge is -2.36. The first-order chi connectivity index (χ1) is 10.1. The summed E-state index contributed by atoms with van der Waals surface area (Å²) in [6.07, 6.45) is 3.66. The van der Waals surface area contributed by atoms with Crippen LogP contribution in [0.1, 0.15) is 55.6 Å². The van der Waals surface area contributed by atoms with E-state index in [1.807, 2.05) is 19.1 Å². The lowest BCUT2D eigenvalue weighted by molar-refractivity contribution is 0.211. The van der Waals surface area contributed by atoms with Gasteiger partial charge in [-0.25, -0.2) is 4.39 Å². The van der Waals surface area contributed by atoms with E-state index in [4.69, 9.17) is 4.42 Å². The van der Waals surface area contributed by atoms with E-state index in [9.17, 15) is 4.39 Å². The van der Waals surface area contributed by atoms with Crippen LogP contribution < -0.4 is 5.32 Å². The van der Waals surface area contributed by atoms with Crippen LogP contribution in [0.4, 0.5) is 4.39 Å². The minimum Gasteiger partial charge on any atom is -0.424 e. The first-order valence-corrected chi connectivity index (χ1v) is 7.45. The van der Waals surface area contributed by atoms with Crippen LogP contribution in [-0.4, -0.2) is 10.2 Å². The number of benzene rings is 1. The number of rotatable bonds is 5. The highest BCUT2D eigenvalue weighted by Gasteiger charge is 2.30. The fourth-order valence-corrected chi connectivity index (χ4v) is 2.78. The summed E-state index contributed by atoms with van der Waals surface area (Å²) in [5.74, 6) is 1.55. The van der Waals surface area contributed by atoms with E-state index in [-0.39, 0.29) is 17.9 Å². The van der Waals surface area contributed by atoms with Gasteiger partial charge < -0.3 is 4.42 Å². The van der Waals surface area contributed by atoms with Crippen LogP contribution in [0.25, 0.3) is 0 Å². The van der Waals surface area contributed by atoms with E-state index >= 15 is 0 Å². The average Bonchev–Trinajstić information content (AvgIpc) is 2.83. The number of halogens is 1. The van der Waals surface area contributed by atoms with Crippen molar-refractivity contribution in [3.8, 4) is 0 Å². The fraction of sp³-hybridized carbons (Fsp3) is 0.500. The molecule has 5 heteroatoms. The molecule has 0 saturated heterocycles. The van der Waals surface area contributed by atoms with Crippen LogP contribution in [0.3, 0.4) is 0 Å². The monoisotopic (exact) mass is 289 g/mol. The summed E-state index contributed by atoms with van der Waals surface area (Å²) in [5.41, 5.74) is 1.11. The van der Waals surface area contributed by atoms with Gasteiger partial charge in [-0.05, 0) is 43.4 Å². The number of aryl methyl sites for hydroxylation is 1. The fourth-order valence-electron chi connectivity index (χ4n) is 2.78. The molecular formula is C16H20FN3O. The highest BCUT2D eigenvalue weighted by Crippen LogP contribution is 2.39. The molecule has 1 fully saturated rings. The predicted octanol–water partition coefficient (Wildman–Crippen LogP) is 3.71. The topological polar surface area (TPSA) is 51.0 Å². The van der Waals surface area contributed by atoms with Crippen molar-refractivity contribution in [2.24, 2.45) is 5.92 Å². The summed E-state index contributed by atoms with van der Waals surface area (Å²) in [4.78, 5) is 0. The zero-order valence-electron chi connectivity index (χ0n) is 12.3. The van der Waals surface area contributed by atoms with Crippen LogP contribution in [-0.2, 0) is 0 Å². The molecule has 3 rings (SSSR count). The lowest BCUT2D eigenvalue weighted by atomic mass is 9.77. The molecule has 2 atom stereocenters. The summed E-state index contributed by atoms with van der Waals surface area (Å²) in [6, 6.07) is 6.92. The Balaban J connectivity index is 1.77. The third-order valence-corrected chi connectivity index (χ3v) is 4.19. The van der Waals surface area contributed by atoms with E-state index in [0.29, 0.717) is 17.7 Å². The molecule has 1 aliphatic rings. The Labute approximate surface area is 123 Å². The van der Waals surface area contributed by atoms with Crippen LogP contribution in [0.15, 0.2) is 28.7 Å². The minimum atomic E-state index is -0.202. The molecule has 1 saturated carbocycles. The largest absolute Gasteiger partial charge is 0.424 e. The number of nitrogens with zero attached hydrogens (tertiary/aromatic N) is 2. The first kappa shape index (κ1) is 14.2. The zero-order chi connectivity index (χ0) is 14.8. The summed E-state index contributed by atoms with van der Waals surface area (Å²) in [5, 5.41) is 11.5. The van der Waals surface area contributed by atoms with E-state index in [0.717, 1.165) is 5.56 Å². The summed E-state index contributed by atoms with van der Waals surface area (Å²) in [7, 11) is 0. The first-order valence-electron chi connectivity index (χ1n) is 7.45. The molecule has 2 aromatic rings. The highest BCUT2D eigenvalue weighted by molar-refractivity contribution is 5.21. The maximum Gasteiger partial charge on any atom is 0.233 e. The second kappa shape index (κ2) is 5.93. The molecule has 0 amide bonds. The normalized spacial score (nSPS) is 18.2. The summed E-state index contributed by atoms with van der Waals surface area (Å²) in [6.45, 7) is 3.80. The Morgan fingerprint density at radius 3 is 2.48 bits per heavy atom. The standard InChI is InChI=1S/C16H20FN3O/c1-10(16-20-19-11(2)21-16)18-15(12-4-3-5-12)13-6-8-14(17)9-7-13/h6-10,12,15,18H,3-5H2,1-2H3. The van der Waals surface area contributed by atoms with Crippen molar-refractivity contribution in [3.05, 3.63) is 47.4 Å². The number of hydrogen-bond donors (Lipinski definition) is 1. The van der Waals surface area contributed by atoms with Gasteiger partial charge in [0.1, 0.15) is 5.82 Å². The van der Waals surface area contributed by atoms with Crippen molar-refractivity contribution in [2.45, 2.75) is 45.2 Å². The quantitative estimate of drug-likeness (QED) is 0.911. The summed E-state index contributed by atoms with van der Waals surface area (Å²) >= 11 is 0. The van der Waals surface area contributed by atoms with Gasteiger partial charge in [-0.15, -0.1) is 10.2 Å². The van der Waals surface area contributed by atoms with Crippen LogP contribution in [0, 0.1) is 18.7 Å². The Bertz CT molecular complexity index is 592. The molecule has 0 spiro atoms. The molecule has 4 nitrogen and oxygen atoms in total. The highest BCUT2D eigenvalue weighted by atomic mass is 19.1. The van der Waals surface area contributed by atoms with Gasteiger partial charge in [0.05, 0.1) is 6.04 Å². The minimum absolute atomic E-state index is 0.0261. The molecule has 0 bridgehead atoms. The van der Waals surface area contributed by atoms with Crippen molar-refractivity contribution < 1.29 is 8.81 Å². The zero-order valence-corrected chi connectivity index (χ0v) is 12.3. The van der Waals surface area contributed by atoms with Gasteiger partial charge in [0, 0.05) is 13.0 Å². The summed E-state index contributed by atoms with van der Waals surface area (Å²) < 4.78 is 18.6. The van der Waals surface area contributed by atoms with E-state index in [2.05, 4.69) is 15.5 Å². The number of nitrogens with one attached hydrogen (secondary N) is 1. The van der Waals surface area contributed by atoms with Crippen LogP contribution >= 0.6 is 0 Å². The predicted molar refractivity (Wildman–Crippen MR) is 77.1 cm³/mol. The van der Waals surface area contributed by atoms with Crippen LogP contribution in [0.5, 0.6) is 0 Å². The molecule has 1 heterocycles. The Hall–Kier alpha value is -1.75. The molecule has 0 radical (unpaired) electrons. The molecule has 0 aliphatic heterocycles. The van der Waals surface area contributed by atoms with E-state index in [1.54, 1.807) is 6.92 Å². The Morgan fingerprint density at radius 2 is 1.95 bits per heavy atom. The molecule has 112 valence electrons. The Kier molecular flexibility index (Phi) is 4.01. The lowest BCUT2D eigenvalue weighted by Crippen LogP contribution is -2.34. The third-order valence-electron chi connectivity index (χ3n) is 4.19. The second-order valence-electron chi connectivity index (χ2n) is 5.77. The maximum absolute atomic E-state index is 13.1. The van der Waals surface area contributed by atoms with Gasteiger partial charge in [0.25, 0.3) is 0 Å². The maximum atomic E-state index is 13.1. The molecule has 1 aliphatic carbocycles. The Morgan fingerprint density at radius 1 is 1.24 bits per heavy atom. The van der Waals surface area contributed by atoms with Crippen molar-refractivity contribution in [3.63, 3.8) is 0 Å². The van der Waals surface area contributed by atoms with E-state index < -0.39 is 0 Å². The SMILES string of the molecule is Cc1nnc(C(C)NC(c2ccc(F)cc2)C2CCC2)o1. The van der Waals surface area contributed by atoms with Crippen LogP contribution in [0.2, 0.25) is 0 Å². The average molecular weight is 289 g/mol. The van der Waals surface area contributed by atoms with Gasteiger partial charge in [0.2, 0.25) is 11.8 Å². The molecule has 1 aromatic heterocycles. The second-order valence-corrected chi connectivity index (χ2v) is 5.77. The molecular weight excluding hydrogens is 269 g/mol. The van der Waals surface area contributed by atoms with Crippen molar-refractivity contribution >= 4 is 0 Å². The van der Waals surface area contributed by atoms with Crippen molar-refractivity contribution in [1.82, 2.24) is 15.5 Å². The molecule has 2 unspecified atom stereocenters. The molecule has 21 heavy (non-hydrogen) atoms. The van der Waals surface area contributed by atoms with Gasteiger partial charge in [-0.2, -0.15) is 0 Å².